The van der Waals surface area contributed by atoms with Crippen LogP contribution >= 0.6 is 0 Å². The quantitative estimate of drug-likeness (QED) is 0.381. The van der Waals surface area contributed by atoms with Gasteiger partial charge in [0.25, 0.3) is 5.91 Å². The van der Waals surface area contributed by atoms with Crippen molar-refractivity contribution in [2.24, 2.45) is 11.8 Å². The van der Waals surface area contributed by atoms with E-state index in [2.05, 4.69) is 10.6 Å². The number of carbonyl (C=O) groups excluding carboxylic acids is 5. The number of ether oxygens (including phenoxy) is 1. The summed E-state index contributed by atoms with van der Waals surface area (Å²) in [5, 5.41) is 4.94. The average Bonchev–Trinajstić information content (AvgIpc) is 2.97. The first-order chi connectivity index (χ1) is 14.4. The topological polar surface area (TPSA) is 122 Å². The van der Waals surface area contributed by atoms with Gasteiger partial charge in [-0.1, -0.05) is 31.4 Å². The van der Waals surface area contributed by atoms with Gasteiger partial charge in [-0.05, 0) is 32.6 Å². The molecule has 0 bridgehead atoms. The van der Waals surface area contributed by atoms with Crippen LogP contribution in [-0.4, -0.2) is 53.3 Å². The molecule has 9 nitrogen and oxygen atoms in total. The van der Waals surface area contributed by atoms with Crippen molar-refractivity contribution in [2.75, 3.05) is 6.54 Å². The molecule has 3 rings (SSSR count). The molecule has 2 N–H and O–H groups in total. The normalized spacial score (nSPS) is 24.9. The van der Waals surface area contributed by atoms with Crippen LogP contribution in [0.3, 0.4) is 0 Å². The second-order valence-corrected chi connectivity index (χ2v) is 8.16. The zero-order valence-electron chi connectivity index (χ0n) is 17.2. The maximum atomic E-state index is 12.4. The fraction of sp³-hybridized carbons (Fsp3) is 0.667. The maximum Gasteiger partial charge on any atom is 0.321 e. The summed E-state index contributed by atoms with van der Waals surface area (Å²) >= 11 is 0. The van der Waals surface area contributed by atoms with Gasteiger partial charge in [-0.3, -0.25) is 29.4 Å². The van der Waals surface area contributed by atoms with Crippen molar-refractivity contribution in [3.63, 3.8) is 0 Å². The summed E-state index contributed by atoms with van der Waals surface area (Å²) in [7, 11) is 0. The van der Waals surface area contributed by atoms with Gasteiger partial charge in [0.2, 0.25) is 11.8 Å². The lowest BCUT2D eigenvalue weighted by atomic mass is 9.85. The number of nitrogens with zero attached hydrogens (tertiary/aromatic N) is 1. The maximum absolute atomic E-state index is 12.4. The Balaban J connectivity index is 1.39. The molecule has 1 saturated carbocycles. The molecular weight excluding hydrogens is 390 g/mol. The van der Waals surface area contributed by atoms with Gasteiger partial charge < -0.3 is 10.1 Å². The van der Waals surface area contributed by atoms with Crippen molar-refractivity contribution in [1.82, 2.24) is 15.5 Å². The number of amides is 5. The van der Waals surface area contributed by atoms with Crippen LogP contribution in [0.25, 0.3) is 0 Å². The highest BCUT2D eigenvalue weighted by Gasteiger charge is 2.47. The third kappa shape index (κ3) is 5.25. The Hall–Kier alpha value is -2.71. The SMILES string of the molecule is C[C@@H](OC(=O)CCN1C(=O)[C@H]2CC=CC[C@H]2C1=O)C(=O)NC(=O)NC1CCCCC1. The van der Waals surface area contributed by atoms with Gasteiger partial charge in [0.05, 0.1) is 18.3 Å². The van der Waals surface area contributed by atoms with Crippen LogP contribution in [0.2, 0.25) is 0 Å². The fourth-order valence-corrected chi connectivity index (χ4v) is 4.28. The smallest absolute Gasteiger partial charge is 0.321 e. The Morgan fingerprint density at radius 1 is 1.07 bits per heavy atom. The molecule has 1 saturated heterocycles. The van der Waals surface area contributed by atoms with Gasteiger partial charge in [0.1, 0.15) is 0 Å². The molecule has 5 amide bonds. The molecule has 1 aliphatic heterocycles. The minimum absolute atomic E-state index is 0.0545. The third-order valence-corrected chi connectivity index (χ3v) is 5.99. The molecule has 3 atom stereocenters. The predicted molar refractivity (Wildman–Crippen MR) is 106 cm³/mol. The molecule has 30 heavy (non-hydrogen) atoms. The van der Waals surface area contributed by atoms with Crippen LogP contribution < -0.4 is 10.6 Å². The first-order valence-electron chi connectivity index (χ1n) is 10.7. The monoisotopic (exact) mass is 419 g/mol. The highest BCUT2D eigenvalue weighted by atomic mass is 16.5. The highest BCUT2D eigenvalue weighted by Crippen LogP contribution is 2.35. The molecule has 9 heteroatoms. The number of fused-ring (bicyclic) bond motifs is 1. The summed E-state index contributed by atoms with van der Waals surface area (Å²) < 4.78 is 5.06. The predicted octanol–water partition coefficient (Wildman–Crippen LogP) is 1.42. The van der Waals surface area contributed by atoms with Gasteiger partial charge in [-0.25, -0.2) is 4.79 Å². The highest BCUT2D eigenvalue weighted by molar-refractivity contribution is 6.05. The van der Waals surface area contributed by atoms with E-state index in [1.54, 1.807) is 0 Å². The largest absolute Gasteiger partial charge is 0.452 e. The van der Waals surface area contributed by atoms with Gasteiger partial charge in [-0.2, -0.15) is 0 Å². The van der Waals surface area contributed by atoms with Gasteiger partial charge in [0, 0.05) is 12.6 Å². The van der Waals surface area contributed by atoms with Crippen molar-refractivity contribution in [1.29, 1.82) is 0 Å². The number of carbonyl (C=O) groups is 5. The van der Waals surface area contributed by atoms with Gasteiger partial charge in [-0.15, -0.1) is 0 Å². The summed E-state index contributed by atoms with van der Waals surface area (Å²) in [5.41, 5.74) is 0. The van der Waals surface area contributed by atoms with E-state index in [9.17, 15) is 24.0 Å². The number of likely N-dealkylation sites (tertiary alicyclic amines) is 1. The molecule has 1 heterocycles. The number of rotatable bonds is 6. The molecule has 0 aromatic carbocycles. The van der Waals surface area contributed by atoms with E-state index in [1.807, 2.05) is 12.2 Å². The summed E-state index contributed by atoms with van der Waals surface area (Å²) in [6.07, 6.45) is 8.53. The molecule has 164 valence electrons. The van der Waals surface area contributed by atoms with Crippen molar-refractivity contribution in [3.8, 4) is 0 Å². The second-order valence-electron chi connectivity index (χ2n) is 8.16. The van der Waals surface area contributed by atoms with Crippen molar-refractivity contribution >= 4 is 29.7 Å². The second kappa shape index (κ2) is 9.86. The Morgan fingerprint density at radius 2 is 1.67 bits per heavy atom. The summed E-state index contributed by atoms with van der Waals surface area (Å²) in [4.78, 5) is 62.0. The summed E-state index contributed by atoms with van der Waals surface area (Å²) in [5.74, 6) is -2.63. The van der Waals surface area contributed by atoms with E-state index in [0.717, 1.165) is 37.0 Å². The first kappa shape index (κ1) is 22.0. The lowest BCUT2D eigenvalue weighted by Crippen LogP contribution is -2.48. The summed E-state index contributed by atoms with van der Waals surface area (Å²) in [6, 6.07) is -0.543. The van der Waals surface area contributed by atoms with Crippen LogP contribution in [-0.2, 0) is 23.9 Å². The van der Waals surface area contributed by atoms with E-state index in [1.165, 1.54) is 6.92 Å². The molecule has 0 radical (unpaired) electrons. The molecule has 2 aliphatic carbocycles. The molecule has 3 aliphatic rings. The number of allylic oxidation sites excluding steroid dienone is 2. The number of nitrogens with one attached hydrogen (secondary N) is 2. The van der Waals surface area contributed by atoms with E-state index in [4.69, 9.17) is 4.74 Å². The van der Waals surface area contributed by atoms with Crippen molar-refractivity contribution in [3.05, 3.63) is 12.2 Å². The lowest BCUT2D eigenvalue weighted by Gasteiger charge is -2.23. The Kier molecular flexibility index (Phi) is 7.23. The van der Waals surface area contributed by atoms with E-state index < -0.39 is 24.0 Å². The van der Waals surface area contributed by atoms with Crippen molar-refractivity contribution in [2.45, 2.75) is 70.4 Å². The van der Waals surface area contributed by atoms with Crippen LogP contribution in [0, 0.1) is 11.8 Å². The molecule has 2 fully saturated rings. The van der Waals surface area contributed by atoms with Crippen LogP contribution in [0.1, 0.15) is 58.3 Å². The van der Waals surface area contributed by atoms with Crippen LogP contribution in [0.5, 0.6) is 0 Å². The van der Waals surface area contributed by atoms with E-state index >= 15 is 0 Å². The van der Waals surface area contributed by atoms with Gasteiger partial charge >= 0.3 is 12.0 Å². The minimum atomic E-state index is -1.16. The Bertz CT molecular complexity index is 717. The minimum Gasteiger partial charge on any atom is -0.452 e. The number of hydrogen-bond acceptors (Lipinski definition) is 6. The standard InChI is InChI=1S/C21H29N3O6/c1-13(18(26)23-21(29)22-14-7-3-2-4-8-14)30-17(25)11-12-24-19(27)15-9-5-6-10-16(15)20(24)28/h5-6,13-16H,2-4,7-12H2,1H3,(H2,22,23,26,29)/t13-,15-,16+/m1/s1. The fourth-order valence-electron chi connectivity index (χ4n) is 4.28. The third-order valence-electron chi connectivity index (χ3n) is 5.99. The average molecular weight is 419 g/mol. The van der Waals surface area contributed by atoms with Crippen LogP contribution in [0.15, 0.2) is 12.2 Å². The van der Waals surface area contributed by atoms with Gasteiger partial charge in [0.15, 0.2) is 6.10 Å². The summed E-state index contributed by atoms with van der Waals surface area (Å²) in [6.45, 7) is 1.30. The van der Waals surface area contributed by atoms with Crippen LogP contribution in [0.4, 0.5) is 4.79 Å². The Labute approximate surface area is 175 Å². The van der Waals surface area contributed by atoms with E-state index in [0.29, 0.717) is 12.8 Å². The Morgan fingerprint density at radius 3 is 2.27 bits per heavy atom. The van der Waals surface area contributed by atoms with E-state index in [-0.39, 0.29) is 42.7 Å². The first-order valence-corrected chi connectivity index (χ1v) is 10.7. The zero-order valence-corrected chi connectivity index (χ0v) is 17.2. The number of imide groups is 2. The molecule has 0 spiro atoms. The lowest BCUT2D eigenvalue weighted by molar-refractivity contribution is -0.155. The number of esters is 1. The van der Waals surface area contributed by atoms with Crippen molar-refractivity contribution < 1.29 is 28.7 Å². The number of hydrogen-bond donors (Lipinski definition) is 2. The molecular formula is C21H29N3O6. The molecule has 0 aromatic rings. The number of urea groups is 1. The molecule has 0 unspecified atom stereocenters. The molecule has 0 aromatic heterocycles. The zero-order chi connectivity index (χ0) is 21.7.